The molecule has 25 heavy (non-hydrogen) atoms. The number of nitro groups is 1. The minimum absolute atomic E-state index is 0. The third kappa shape index (κ3) is 4.69. The van der Waals surface area contributed by atoms with Gasteiger partial charge in [-0.05, 0) is 57.2 Å². The molecule has 1 N–H and O–H groups in total. The summed E-state index contributed by atoms with van der Waals surface area (Å²) in [6, 6.07) is 4.38. The molecule has 9 heteroatoms. The van der Waals surface area contributed by atoms with Crippen LogP contribution in [0.15, 0.2) is 23.1 Å². The van der Waals surface area contributed by atoms with Crippen molar-refractivity contribution in [1.29, 1.82) is 0 Å². The summed E-state index contributed by atoms with van der Waals surface area (Å²) >= 11 is 0. The van der Waals surface area contributed by atoms with Gasteiger partial charge in [-0.1, -0.05) is 0 Å². The molecule has 0 bridgehead atoms. The van der Waals surface area contributed by atoms with E-state index in [1.54, 1.807) is 6.92 Å². The number of aryl methyl sites for hydroxylation is 1. The van der Waals surface area contributed by atoms with Gasteiger partial charge in [-0.3, -0.25) is 10.1 Å². The molecule has 140 valence electrons. The predicted molar refractivity (Wildman–Crippen MR) is 97.6 cm³/mol. The number of nitrogens with one attached hydrogen (secondary N) is 1. The minimum Gasteiger partial charge on any atom is -0.314 e. The highest BCUT2D eigenvalue weighted by Crippen LogP contribution is 2.29. The first kappa shape index (κ1) is 20.1. The molecule has 0 radical (unpaired) electrons. The van der Waals surface area contributed by atoms with Gasteiger partial charge in [0.1, 0.15) is 0 Å². The Hall–Kier alpha value is -1.22. The fourth-order valence-corrected chi connectivity index (χ4v) is 4.65. The number of nitrogens with zero attached hydrogens (tertiary/aromatic N) is 2. The Balaban J connectivity index is 0.00000225. The summed E-state index contributed by atoms with van der Waals surface area (Å²) in [6.07, 6.45) is 4.22. The lowest BCUT2D eigenvalue weighted by atomic mass is 10.1. The third-order valence-corrected chi connectivity index (χ3v) is 6.74. The van der Waals surface area contributed by atoms with E-state index in [0.717, 1.165) is 25.3 Å². The molecule has 1 heterocycles. The van der Waals surface area contributed by atoms with Crippen LogP contribution in [-0.2, 0) is 10.0 Å². The smallest absolute Gasteiger partial charge is 0.272 e. The lowest BCUT2D eigenvalue weighted by molar-refractivity contribution is -0.385. The number of sulfonamides is 1. The second-order valence-corrected chi connectivity index (χ2v) is 8.67. The average Bonchev–Trinajstić information content (AvgIpc) is 3.37. The van der Waals surface area contributed by atoms with Crippen LogP contribution in [0.3, 0.4) is 0 Å². The zero-order valence-electron chi connectivity index (χ0n) is 14.2. The SMILES string of the molecule is Cc1cc(S(=O)(=O)N2CCC(NCC3CC3)CC2)ccc1[N+](=O)[O-].Cl. The quantitative estimate of drug-likeness (QED) is 0.596. The van der Waals surface area contributed by atoms with Crippen LogP contribution in [0.5, 0.6) is 0 Å². The van der Waals surface area contributed by atoms with Gasteiger partial charge in [0, 0.05) is 30.8 Å². The van der Waals surface area contributed by atoms with Crippen molar-refractivity contribution in [3.63, 3.8) is 0 Å². The molecule has 2 fully saturated rings. The first-order valence-corrected chi connectivity index (χ1v) is 9.80. The molecule has 2 aliphatic rings. The maximum Gasteiger partial charge on any atom is 0.272 e. The molecule has 7 nitrogen and oxygen atoms in total. The van der Waals surface area contributed by atoms with Crippen molar-refractivity contribution in [2.75, 3.05) is 19.6 Å². The highest BCUT2D eigenvalue weighted by molar-refractivity contribution is 7.89. The van der Waals surface area contributed by atoms with E-state index in [-0.39, 0.29) is 23.0 Å². The lowest BCUT2D eigenvalue weighted by Crippen LogP contribution is -2.45. The average molecular weight is 390 g/mol. The van der Waals surface area contributed by atoms with Gasteiger partial charge in [0.25, 0.3) is 5.69 Å². The molecular weight excluding hydrogens is 366 g/mol. The fourth-order valence-electron chi connectivity index (χ4n) is 3.10. The zero-order valence-corrected chi connectivity index (χ0v) is 15.8. The van der Waals surface area contributed by atoms with E-state index in [4.69, 9.17) is 0 Å². The maximum atomic E-state index is 12.7. The number of hydrogen-bond acceptors (Lipinski definition) is 5. The van der Waals surface area contributed by atoms with Crippen molar-refractivity contribution in [1.82, 2.24) is 9.62 Å². The van der Waals surface area contributed by atoms with Crippen LogP contribution in [0, 0.1) is 23.0 Å². The second-order valence-electron chi connectivity index (χ2n) is 6.74. The number of rotatable bonds is 6. The third-order valence-electron chi connectivity index (χ3n) is 4.85. The summed E-state index contributed by atoms with van der Waals surface area (Å²) in [4.78, 5) is 10.5. The van der Waals surface area contributed by atoms with Crippen molar-refractivity contribution in [3.05, 3.63) is 33.9 Å². The van der Waals surface area contributed by atoms with E-state index in [0.29, 0.717) is 24.7 Å². The van der Waals surface area contributed by atoms with E-state index < -0.39 is 14.9 Å². The molecule has 0 atom stereocenters. The van der Waals surface area contributed by atoms with Crippen molar-refractivity contribution >= 4 is 28.1 Å². The van der Waals surface area contributed by atoms with Crippen LogP contribution in [0.2, 0.25) is 0 Å². The second kappa shape index (κ2) is 7.99. The summed E-state index contributed by atoms with van der Waals surface area (Å²) in [7, 11) is -3.59. The normalized spacial score (nSPS) is 19.4. The van der Waals surface area contributed by atoms with E-state index in [9.17, 15) is 18.5 Å². The van der Waals surface area contributed by atoms with Gasteiger partial charge < -0.3 is 5.32 Å². The Morgan fingerprint density at radius 1 is 1.24 bits per heavy atom. The van der Waals surface area contributed by atoms with Gasteiger partial charge in [0.2, 0.25) is 10.0 Å². The molecule has 0 spiro atoms. The minimum atomic E-state index is -3.59. The summed E-state index contributed by atoms with van der Waals surface area (Å²) in [5.74, 6) is 0.815. The number of benzene rings is 1. The van der Waals surface area contributed by atoms with Gasteiger partial charge in [0.15, 0.2) is 0 Å². The summed E-state index contributed by atoms with van der Waals surface area (Å²) in [5, 5.41) is 14.4. The molecule has 1 aliphatic carbocycles. The molecule has 0 aromatic heterocycles. The van der Waals surface area contributed by atoms with E-state index in [1.165, 1.54) is 35.3 Å². The Bertz CT molecular complexity index is 729. The largest absolute Gasteiger partial charge is 0.314 e. The van der Waals surface area contributed by atoms with Crippen molar-refractivity contribution in [2.45, 2.75) is 43.5 Å². The van der Waals surface area contributed by atoms with E-state index in [1.807, 2.05) is 0 Å². The molecule has 1 aromatic carbocycles. The van der Waals surface area contributed by atoms with Crippen LogP contribution in [-0.4, -0.2) is 43.3 Å². The molecule has 1 aromatic rings. The summed E-state index contributed by atoms with van der Waals surface area (Å²) < 4.78 is 27.0. The first-order valence-electron chi connectivity index (χ1n) is 8.36. The standard InChI is InChI=1S/C16H23N3O4S.ClH/c1-12-10-15(4-5-16(12)19(20)21)24(22,23)18-8-6-14(7-9-18)17-11-13-2-3-13;/h4-5,10,13-14,17H,2-3,6-9,11H2,1H3;1H. The summed E-state index contributed by atoms with van der Waals surface area (Å²) in [5.41, 5.74) is 0.305. The maximum absolute atomic E-state index is 12.7. The molecular formula is C16H24ClN3O4S. The van der Waals surface area contributed by atoms with E-state index >= 15 is 0 Å². The van der Waals surface area contributed by atoms with Gasteiger partial charge in [-0.25, -0.2) is 8.42 Å². The van der Waals surface area contributed by atoms with E-state index in [2.05, 4.69) is 5.32 Å². The molecule has 1 saturated carbocycles. The fraction of sp³-hybridized carbons (Fsp3) is 0.625. The van der Waals surface area contributed by atoms with Crippen molar-refractivity contribution in [3.8, 4) is 0 Å². The van der Waals surface area contributed by atoms with Crippen LogP contribution in [0.1, 0.15) is 31.2 Å². The number of hydrogen-bond donors (Lipinski definition) is 1. The molecule has 1 aliphatic heterocycles. The van der Waals surface area contributed by atoms with Gasteiger partial charge in [-0.2, -0.15) is 4.31 Å². The molecule has 0 unspecified atom stereocenters. The van der Waals surface area contributed by atoms with Crippen LogP contribution in [0.25, 0.3) is 0 Å². The molecule has 0 amide bonds. The number of halogens is 1. The Kier molecular flexibility index (Phi) is 6.42. The predicted octanol–water partition coefficient (Wildman–Crippen LogP) is 2.48. The molecule has 3 rings (SSSR count). The first-order chi connectivity index (χ1) is 11.4. The van der Waals surface area contributed by atoms with Crippen LogP contribution >= 0.6 is 12.4 Å². The van der Waals surface area contributed by atoms with Crippen molar-refractivity contribution < 1.29 is 13.3 Å². The van der Waals surface area contributed by atoms with Gasteiger partial charge in [-0.15, -0.1) is 12.4 Å². The molecule has 1 saturated heterocycles. The Morgan fingerprint density at radius 2 is 1.88 bits per heavy atom. The van der Waals surface area contributed by atoms with Gasteiger partial charge in [0.05, 0.1) is 9.82 Å². The zero-order chi connectivity index (χ0) is 17.3. The topological polar surface area (TPSA) is 92.6 Å². The number of piperidine rings is 1. The van der Waals surface area contributed by atoms with Crippen LogP contribution in [0.4, 0.5) is 5.69 Å². The summed E-state index contributed by atoms with van der Waals surface area (Å²) in [6.45, 7) is 3.57. The highest BCUT2D eigenvalue weighted by Gasteiger charge is 2.31. The highest BCUT2D eigenvalue weighted by atomic mass is 35.5. The lowest BCUT2D eigenvalue weighted by Gasteiger charge is -2.31. The van der Waals surface area contributed by atoms with Crippen LogP contribution < -0.4 is 5.32 Å². The van der Waals surface area contributed by atoms with Crippen molar-refractivity contribution in [2.24, 2.45) is 5.92 Å². The van der Waals surface area contributed by atoms with Gasteiger partial charge >= 0.3 is 0 Å². The number of nitro benzene ring substituents is 1. The Morgan fingerprint density at radius 3 is 2.40 bits per heavy atom. The monoisotopic (exact) mass is 389 g/mol. The Labute approximate surface area is 154 Å².